The molecule has 0 aliphatic carbocycles. The molecule has 3 aliphatic rings. The predicted octanol–water partition coefficient (Wildman–Crippen LogP) is 6.01. The van der Waals surface area contributed by atoms with E-state index in [1.165, 1.54) is 17.2 Å². The largest absolute Gasteiger partial charge is 0.491 e. The summed E-state index contributed by atoms with van der Waals surface area (Å²) < 4.78 is 58.9. The third-order valence-electron chi connectivity index (χ3n) is 6.96. The van der Waals surface area contributed by atoms with Crippen molar-refractivity contribution in [2.45, 2.75) is 96.1 Å². The number of alkyl halides is 3. The van der Waals surface area contributed by atoms with Gasteiger partial charge in [-0.15, -0.1) is 0 Å². The minimum absolute atomic E-state index is 0.119. The summed E-state index contributed by atoms with van der Waals surface area (Å²) in [7, 11) is 0. The van der Waals surface area contributed by atoms with Gasteiger partial charge in [0.05, 0.1) is 17.6 Å². The summed E-state index contributed by atoms with van der Waals surface area (Å²) in [6.07, 6.45) is -1.62. The lowest BCUT2D eigenvalue weighted by Gasteiger charge is -2.39. The smallest absolute Gasteiger partial charge is 0.395 e. The summed E-state index contributed by atoms with van der Waals surface area (Å²) in [5, 5.41) is 11.6. The van der Waals surface area contributed by atoms with Crippen LogP contribution in [0, 0.1) is 5.92 Å². The fraction of sp³-hybridized carbons (Fsp3) is 0.607. The topological polar surface area (TPSA) is 68.2 Å². The molecular formula is C28H35ClF3NO5. The maximum absolute atomic E-state index is 13.8. The Kier molecular flexibility index (Phi) is 7.87. The first-order valence-corrected chi connectivity index (χ1v) is 13.2. The average molecular weight is 558 g/mol. The van der Waals surface area contributed by atoms with Gasteiger partial charge in [0.1, 0.15) is 30.2 Å². The number of rotatable bonds is 4. The molecule has 1 N–H and O–H groups in total. The molecule has 0 radical (unpaired) electrons. The van der Waals surface area contributed by atoms with Crippen molar-refractivity contribution in [3.63, 3.8) is 0 Å². The van der Waals surface area contributed by atoms with Gasteiger partial charge in [-0.25, -0.2) is 4.79 Å². The Morgan fingerprint density at radius 3 is 2.61 bits per heavy atom. The van der Waals surface area contributed by atoms with E-state index in [2.05, 4.69) is 0 Å². The summed E-state index contributed by atoms with van der Waals surface area (Å²) in [5.41, 5.74) is 0.196. The second-order valence-electron chi connectivity index (χ2n) is 11.8. The Morgan fingerprint density at radius 2 is 2.00 bits per heavy atom. The van der Waals surface area contributed by atoms with Gasteiger partial charge in [-0.2, -0.15) is 13.2 Å². The maximum Gasteiger partial charge on any atom is 0.395 e. The van der Waals surface area contributed by atoms with Crippen molar-refractivity contribution in [1.82, 2.24) is 4.90 Å². The second kappa shape index (κ2) is 10.4. The summed E-state index contributed by atoms with van der Waals surface area (Å²) in [6.45, 7) is 8.59. The molecule has 0 spiro atoms. The fourth-order valence-electron chi connectivity index (χ4n) is 5.11. The number of carbonyl (C=O) groups is 1. The fourth-order valence-corrected chi connectivity index (χ4v) is 5.29. The van der Waals surface area contributed by atoms with Crippen LogP contribution in [-0.2, 0) is 25.4 Å². The molecular weight excluding hydrogens is 523 g/mol. The Balaban J connectivity index is 1.72. The molecule has 3 aliphatic heterocycles. The van der Waals surface area contributed by atoms with E-state index in [1.54, 1.807) is 39.0 Å². The van der Waals surface area contributed by atoms with Crippen LogP contribution >= 0.6 is 11.6 Å². The SMILES string of the molecule is CC(C)(C)OC(=O)C(C[C@@H]1CCC(C)(C)O1)N1C=C2OC[C@H](C(F)(F)F)Cc3ccc(Cl)cc3C2=CC1O. The van der Waals surface area contributed by atoms with Gasteiger partial charge in [-0.3, -0.25) is 0 Å². The van der Waals surface area contributed by atoms with E-state index in [-0.39, 0.29) is 30.3 Å². The van der Waals surface area contributed by atoms with E-state index in [0.29, 0.717) is 21.7 Å². The van der Waals surface area contributed by atoms with Crippen LogP contribution in [0.5, 0.6) is 0 Å². The summed E-state index contributed by atoms with van der Waals surface area (Å²) >= 11 is 6.21. The third kappa shape index (κ3) is 6.66. The van der Waals surface area contributed by atoms with E-state index < -0.39 is 42.5 Å². The van der Waals surface area contributed by atoms with Gasteiger partial charge in [-0.05, 0) is 83.2 Å². The number of esters is 1. The van der Waals surface area contributed by atoms with Gasteiger partial charge in [0.25, 0.3) is 0 Å². The van der Waals surface area contributed by atoms with Crippen LogP contribution in [0.25, 0.3) is 5.57 Å². The number of hydrogen-bond donors (Lipinski definition) is 1. The first-order valence-electron chi connectivity index (χ1n) is 12.8. The quantitative estimate of drug-likeness (QED) is 0.457. The van der Waals surface area contributed by atoms with Gasteiger partial charge >= 0.3 is 12.1 Å². The minimum atomic E-state index is -4.47. The zero-order chi connectivity index (χ0) is 28.0. The highest BCUT2D eigenvalue weighted by atomic mass is 35.5. The molecule has 1 aromatic rings. The molecule has 1 fully saturated rings. The number of allylic oxidation sites excluding steroid dienone is 1. The van der Waals surface area contributed by atoms with Crippen LogP contribution in [0.3, 0.4) is 0 Å². The van der Waals surface area contributed by atoms with Crippen LogP contribution in [0.2, 0.25) is 5.02 Å². The molecule has 10 heteroatoms. The molecule has 0 bridgehead atoms. The zero-order valence-corrected chi connectivity index (χ0v) is 23.0. The maximum atomic E-state index is 13.8. The van der Waals surface area contributed by atoms with Crippen molar-refractivity contribution in [3.8, 4) is 0 Å². The Bertz CT molecular complexity index is 1120. The first-order chi connectivity index (χ1) is 17.5. The lowest BCUT2D eigenvalue weighted by molar-refractivity contribution is -0.185. The van der Waals surface area contributed by atoms with Gasteiger partial charge in [0, 0.05) is 23.2 Å². The Morgan fingerprint density at radius 1 is 1.29 bits per heavy atom. The molecule has 3 heterocycles. The van der Waals surface area contributed by atoms with Crippen LogP contribution in [0.1, 0.15) is 65.0 Å². The van der Waals surface area contributed by atoms with Gasteiger partial charge in [-0.1, -0.05) is 17.7 Å². The molecule has 38 heavy (non-hydrogen) atoms. The van der Waals surface area contributed by atoms with Crippen LogP contribution < -0.4 is 0 Å². The summed E-state index contributed by atoms with van der Waals surface area (Å²) in [4.78, 5) is 14.8. The summed E-state index contributed by atoms with van der Waals surface area (Å²) in [6, 6.07) is 3.73. The molecule has 0 saturated carbocycles. The molecule has 2 unspecified atom stereocenters. The number of aliphatic hydroxyl groups is 1. The number of ether oxygens (including phenoxy) is 3. The standard InChI is InChI=1S/C28H35ClF3NO5/c1-26(2,3)38-25(35)22(12-19-8-9-27(4,5)37-19)33-14-23-21(13-24(33)34)20-11-18(29)7-6-16(20)10-17(15-36-23)28(30,31)32/h6-7,11,13-14,17,19,22,24,34H,8-10,12,15H2,1-5H3/t17-,19+,22?,24?/m1/s1. The molecule has 210 valence electrons. The monoisotopic (exact) mass is 557 g/mol. The molecule has 6 nitrogen and oxygen atoms in total. The van der Waals surface area contributed by atoms with Crippen LogP contribution in [0.15, 0.2) is 36.2 Å². The lowest BCUT2D eigenvalue weighted by atomic mass is 9.88. The number of carbonyl (C=O) groups excluding carboxylic acids is 1. The van der Waals surface area contributed by atoms with Crippen LogP contribution in [-0.4, -0.2) is 58.3 Å². The second-order valence-corrected chi connectivity index (χ2v) is 12.2. The van der Waals surface area contributed by atoms with Crippen molar-refractivity contribution in [2.75, 3.05) is 6.61 Å². The number of fused-ring (bicyclic) bond motifs is 3. The third-order valence-corrected chi connectivity index (χ3v) is 7.20. The molecule has 1 saturated heterocycles. The van der Waals surface area contributed by atoms with Gasteiger partial charge in [0.2, 0.25) is 0 Å². The Labute approximate surface area is 226 Å². The number of aliphatic hydroxyl groups excluding tert-OH is 1. The normalized spacial score (nSPS) is 26.2. The van der Waals surface area contributed by atoms with E-state index in [4.69, 9.17) is 25.8 Å². The average Bonchev–Trinajstić information content (AvgIpc) is 3.11. The predicted molar refractivity (Wildman–Crippen MR) is 137 cm³/mol. The molecule has 0 aromatic heterocycles. The van der Waals surface area contributed by atoms with E-state index >= 15 is 0 Å². The number of halogens is 4. The number of nitrogens with zero attached hydrogens (tertiary/aromatic N) is 1. The zero-order valence-electron chi connectivity index (χ0n) is 22.3. The Hall–Kier alpha value is -2.23. The summed E-state index contributed by atoms with van der Waals surface area (Å²) in [5.74, 6) is -2.18. The van der Waals surface area contributed by atoms with Crippen LogP contribution in [0.4, 0.5) is 13.2 Å². The van der Waals surface area contributed by atoms with E-state index in [1.807, 2.05) is 13.8 Å². The number of benzene rings is 1. The van der Waals surface area contributed by atoms with Gasteiger partial charge < -0.3 is 24.2 Å². The molecule has 4 rings (SSSR count). The minimum Gasteiger partial charge on any atom is -0.491 e. The van der Waals surface area contributed by atoms with E-state index in [0.717, 1.165) is 12.8 Å². The highest BCUT2D eigenvalue weighted by molar-refractivity contribution is 6.30. The van der Waals surface area contributed by atoms with Crippen molar-refractivity contribution in [2.24, 2.45) is 5.92 Å². The van der Waals surface area contributed by atoms with Crippen molar-refractivity contribution < 1.29 is 37.3 Å². The van der Waals surface area contributed by atoms with Crippen molar-refractivity contribution in [3.05, 3.63) is 52.4 Å². The molecule has 1 aromatic carbocycles. The van der Waals surface area contributed by atoms with E-state index in [9.17, 15) is 23.1 Å². The highest BCUT2D eigenvalue weighted by Gasteiger charge is 2.44. The number of hydrogen-bond acceptors (Lipinski definition) is 6. The van der Waals surface area contributed by atoms with Crippen molar-refractivity contribution >= 4 is 23.1 Å². The lowest BCUT2D eigenvalue weighted by Crippen LogP contribution is -2.49. The molecule has 0 amide bonds. The first kappa shape index (κ1) is 28.8. The van der Waals surface area contributed by atoms with Gasteiger partial charge in [0.15, 0.2) is 0 Å². The van der Waals surface area contributed by atoms with Crippen molar-refractivity contribution in [1.29, 1.82) is 0 Å². The highest BCUT2D eigenvalue weighted by Crippen LogP contribution is 2.41. The molecule has 4 atom stereocenters.